The molecule has 1 aromatic heterocycles. The number of carbonyl (C=O) groups is 2. The maximum Gasteiger partial charge on any atom is 0.252 e. The van der Waals surface area contributed by atoms with Crippen molar-refractivity contribution in [3.63, 3.8) is 0 Å². The van der Waals surface area contributed by atoms with Crippen LogP contribution >= 0.6 is 0 Å². The van der Waals surface area contributed by atoms with Gasteiger partial charge >= 0.3 is 0 Å². The lowest BCUT2D eigenvalue weighted by atomic mass is 9.85. The van der Waals surface area contributed by atoms with Crippen molar-refractivity contribution in [3.8, 4) is 0 Å². The first kappa shape index (κ1) is 28.8. The van der Waals surface area contributed by atoms with Gasteiger partial charge in [-0.25, -0.2) is 23.1 Å². The first-order valence-electron chi connectivity index (χ1n) is 15.3. The van der Waals surface area contributed by atoms with Gasteiger partial charge in [-0.3, -0.25) is 14.5 Å². The van der Waals surface area contributed by atoms with Crippen molar-refractivity contribution in [2.75, 3.05) is 16.3 Å². The van der Waals surface area contributed by atoms with Crippen molar-refractivity contribution in [2.45, 2.75) is 87.7 Å². The second kappa shape index (κ2) is 11.2. The number of fused-ring (bicyclic) bond motifs is 2. The van der Waals surface area contributed by atoms with Crippen LogP contribution in [-0.2, 0) is 14.3 Å². The zero-order chi connectivity index (χ0) is 30.6. The molecule has 8 nitrogen and oxygen atoms in total. The Hall–Kier alpha value is -3.99. The molecule has 3 aliphatic heterocycles. The minimum atomic E-state index is -2.83. The number of halogens is 3. The lowest BCUT2D eigenvalue weighted by Crippen LogP contribution is -2.58. The summed E-state index contributed by atoms with van der Waals surface area (Å²) < 4.78 is 49.1. The molecule has 2 amide bonds. The smallest absolute Gasteiger partial charge is 0.252 e. The number of carbonyl (C=O) groups excluding carboxylic acids is 2. The zero-order valence-electron chi connectivity index (χ0n) is 24.4. The lowest BCUT2D eigenvalue weighted by Gasteiger charge is -2.45. The summed E-state index contributed by atoms with van der Waals surface area (Å²) in [6, 6.07) is 12.3. The van der Waals surface area contributed by atoms with E-state index >= 15 is 0 Å². The van der Waals surface area contributed by atoms with Gasteiger partial charge in [0.15, 0.2) is 6.23 Å². The van der Waals surface area contributed by atoms with Crippen LogP contribution in [0.5, 0.6) is 0 Å². The molecule has 4 aliphatic rings. The molecule has 5 atom stereocenters. The molecule has 2 aromatic carbocycles. The van der Waals surface area contributed by atoms with E-state index in [-0.39, 0.29) is 30.5 Å². The highest BCUT2D eigenvalue weighted by molar-refractivity contribution is 6.05. The second-order valence-corrected chi connectivity index (χ2v) is 12.2. The fraction of sp³-hybridized carbons (Fsp3) is 0.455. The van der Waals surface area contributed by atoms with Gasteiger partial charge in [0.25, 0.3) is 17.7 Å². The number of anilines is 2. The molecule has 0 N–H and O–H groups in total. The molecule has 7 rings (SSSR count). The molecule has 1 aliphatic carbocycles. The number of hydrogen-bond acceptors (Lipinski definition) is 6. The van der Waals surface area contributed by atoms with E-state index in [2.05, 4.69) is 16.9 Å². The Morgan fingerprint density at radius 2 is 1.89 bits per heavy atom. The average molecular weight is 606 g/mol. The van der Waals surface area contributed by atoms with Gasteiger partial charge in [-0.15, -0.1) is 0 Å². The van der Waals surface area contributed by atoms with E-state index in [1.165, 1.54) is 29.4 Å². The van der Waals surface area contributed by atoms with Crippen molar-refractivity contribution in [1.82, 2.24) is 14.9 Å². The minimum absolute atomic E-state index is 0.0394. The van der Waals surface area contributed by atoms with Crippen molar-refractivity contribution in [2.24, 2.45) is 0 Å². The summed E-state index contributed by atoms with van der Waals surface area (Å²) >= 11 is 0. The fourth-order valence-corrected chi connectivity index (χ4v) is 7.26. The second-order valence-electron chi connectivity index (χ2n) is 12.2. The first-order chi connectivity index (χ1) is 21.3. The number of epoxide rings is 1. The number of alkyl halides is 2. The molecule has 44 heavy (non-hydrogen) atoms. The van der Waals surface area contributed by atoms with Gasteiger partial charge in [-0.05, 0) is 54.7 Å². The van der Waals surface area contributed by atoms with Crippen LogP contribution in [0.25, 0.3) is 0 Å². The molecule has 2 saturated heterocycles. The van der Waals surface area contributed by atoms with Crippen LogP contribution in [0.1, 0.15) is 68.5 Å². The van der Waals surface area contributed by atoms with Crippen LogP contribution in [0.2, 0.25) is 0 Å². The van der Waals surface area contributed by atoms with E-state index in [1.54, 1.807) is 23.2 Å². The van der Waals surface area contributed by atoms with E-state index in [9.17, 15) is 22.8 Å². The third-order valence-corrected chi connectivity index (χ3v) is 9.40. The normalized spacial score (nSPS) is 27.5. The summed E-state index contributed by atoms with van der Waals surface area (Å²) in [5.74, 6) is -3.83. The molecule has 3 aromatic rings. The molecule has 4 heterocycles. The third kappa shape index (κ3) is 5.10. The summed E-state index contributed by atoms with van der Waals surface area (Å²) in [6.07, 6.45) is 4.39. The summed E-state index contributed by atoms with van der Waals surface area (Å²) in [4.78, 5) is 42.9. The summed E-state index contributed by atoms with van der Waals surface area (Å²) in [7, 11) is 0. The largest absolute Gasteiger partial charge is 0.348 e. The Bertz CT molecular complexity index is 1550. The molecule has 3 fully saturated rings. The number of nitrogens with zero attached hydrogens (tertiary/aromatic N) is 5. The van der Waals surface area contributed by atoms with Gasteiger partial charge in [0.05, 0.1) is 0 Å². The molecule has 1 saturated carbocycles. The van der Waals surface area contributed by atoms with Crippen molar-refractivity contribution < 1.29 is 27.5 Å². The van der Waals surface area contributed by atoms with Gasteiger partial charge in [-0.1, -0.05) is 43.7 Å². The number of rotatable bonds is 7. The van der Waals surface area contributed by atoms with Crippen LogP contribution in [0.15, 0.2) is 67.1 Å². The highest BCUT2D eigenvalue weighted by atomic mass is 19.3. The van der Waals surface area contributed by atoms with Crippen molar-refractivity contribution in [3.05, 3.63) is 84.1 Å². The highest BCUT2D eigenvalue weighted by Gasteiger charge is 2.56. The number of benzene rings is 2. The van der Waals surface area contributed by atoms with Crippen LogP contribution in [0.4, 0.5) is 24.7 Å². The SMILES string of the molecule is CCCC1CN(C2CC(F)(F)C2)C(=O)C(N(C(=O)C2CCC3OC3N2c2ccncn2)c2cccc(F)c2)c2ccccc21. The highest BCUT2D eigenvalue weighted by Crippen LogP contribution is 2.47. The summed E-state index contributed by atoms with van der Waals surface area (Å²) in [5.41, 5.74) is 1.75. The molecule has 5 unspecified atom stereocenters. The maximum atomic E-state index is 15.0. The van der Waals surface area contributed by atoms with E-state index in [0.29, 0.717) is 24.2 Å². The molecule has 11 heteroatoms. The van der Waals surface area contributed by atoms with Gasteiger partial charge in [-0.2, -0.15) is 0 Å². The topological polar surface area (TPSA) is 82.2 Å². The van der Waals surface area contributed by atoms with Crippen LogP contribution < -0.4 is 9.80 Å². The Labute approximate surface area is 253 Å². The Kier molecular flexibility index (Phi) is 7.31. The van der Waals surface area contributed by atoms with Gasteiger partial charge in [0.2, 0.25) is 0 Å². The molecular weight excluding hydrogens is 571 g/mol. The van der Waals surface area contributed by atoms with Gasteiger partial charge < -0.3 is 14.5 Å². The first-order valence-corrected chi connectivity index (χ1v) is 15.3. The Morgan fingerprint density at radius 1 is 1.09 bits per heavy atom. The predicted octanol–water partition coefficient (Wildman–Crippen LogP) is 5.61. The molecule has 230 valence electrons. The van der Waals surface area contributed by atoms with Crippen molar-refractivity contribution >= 4 is 23.3 Å². The van der Waals surface area contributed by atoms with Crippen LogP contribution in [0.3, 0.4) is 0 Å². The Morgan fingerprint density at radius 3 is 2.59 bits per heavy atom. The van der Waals surface area contributed by atoms with Crippen LogP contribution in [0, 0.1) is 5.82 Å². The fourth-order valence-electron chi connectivity index (χ4n) is 7.26. The van der Waals surface area contributed by atoms with Crippen molar-refractivity contribution in [1.29, 1.82) is 0 Å². The lowest BCUT2D eigenvalue weighted by molar-refractivity contribution is -0.155. The van der Waals surface area contributed by atoms with E-state index in [1.807, 2.05) is 29.2 Å². The van der Waals surface area contributed by atoms with Crippen LogP contribution in [-0.4, -0.2) is 63.6 Å². The monoisotopic (exact) mass is 605 g/mol. The zero-order valence-corrected chi connectivity index (χ0v) is 24.4. The summed E-state index contributed by atoms with van der Waals surface area (Å²) in [6.45, 7) is 2.33. The summed E-state index contributed by atoms with van der Waals surface area (Å²) in [5, 5.41) is 0. The Balaban J connectivity index is 1.37. The molecule has 0 radical (unpaired) electrons. The number of hydrogen-bond donors (Lipinski definition) is 0. The van der Waals surface area contributed by atoms with E-state index in [0.717, 1.165) is 18.4 Å². The number of aromatic nitrogens is 2. The maximum absolute atomic E-state index is 15.0. The number of ether oxygens (including phenoxy) is 1. The molecular formula is C33H34F3N5O3. The standard InChI is InChI=1S/C33H34F3N5O3/c1-2-6-20-18-39(23-16-33(35,36)17-23)31(43)29(25-10-4-3-9-24(20)25)40(22-8-5-7-21(34)15-22)30(42)26-11-12-27-32(44-27)41(26)28-13-14-37-19-38-28/h3-5,7-10,13-15,19-20,23,26-27,29,32H,2,6,11-12,16-18H2,1H3. The average Bonchev–Trinajstić information content (AvgIpc) is 3.81. The van der Waals surface area contributed by atoms with Gasteiger partial charge in [0, 0.05) is 43.2 Å². The molecule has 0 bridgehead atoms. The third-order valence-electron chi connectivity index (χ3n) is 9.40. The van der Waals surface area contributed by atoms with E-state index < -0.39 is 54.5 Å². The van der Waals surface area contributed by atoms with E-state index in [4.69, 9.17) is 4.74 Å². The predicted molar refractivity (Wildman–Crippen MR) is 157 cm³/mol. The van der Waals surface area contributed by atoms with Gasteiger partial charge in [0.1, 0.15) is 36.2 Å². The minimum Gasteiger partial charge on any atom is -0.348 e. The molecule has 0 spiro atoms. The number of amides is 2. The number of piperidine rings is 1. The quantitative estimate of drug-likeness (QED) is 0.326.